The summed E-state index contributed by atoms with van der Waals surface area (Å²) in [6, 6.07) is 2.75. The van der Waals surface area contributed by atoms with Gasteiger partial charge in [0.05, 0.1) is 6.10 Å². The maximum atomic E-state index is 9.43. The average molecular weight is 211 g/mol. The normalized spacial score (nSPS) is 25.4. The second kappa shape index (κ2) is 4.43. The van der Waals surface area contributed by atoms with Gasteiger partial charge in [-0.15, -0.1) is 0 Å². The van der Waals surface area contributed by atoms with E-state index in [9.17, 15) is 5.11 Å². The first-order valence-corrected chi connectivity index (χ1v) is 6.13. The minimum absolute atomic E-state index is 0.0973. The number of aliphatic hydroxyl groups is 1. The Morgan fingerprint density at radius 2 is 2.57 bits per heavy atom. The molecule has 0 saturated carbocycles. The third-order valence-electron chi connectivity index (χ3n) is 2.93. The molecule has 2 nitrogen and oxygen atoms in total. The van der Waals surface area contributed by atoms with Crippen LogP contribution in [0.3, 0.4) is 0 Å². The lowest BCUT2D eigenvalue weighted by atomic mass is 10.1. The van der Waals surface area contributed by atoms with Crippen LogP contribution < -0.4 is 0 Å². The second-order valence-electron chi connectivity index (χ2n) is 4.12. The molecule has 1 aliphatic heterocycles. The van der Waals surface area contributed by atoms with E-state index >= 15 is 0 Å². The van der Waals surface area contributed by atoms with E-state index in [-0.39, 0.29) is 6.10 Å². The number of aliphatic hydroxyl groups excluding tert-OH is 1. The van der Waals surface area contributed by atoms with Gasteiger partial charge in [0, 0.05) is 19.1 Å². The second-order valence-corrected chi connectivity index (χ2v) is 4.90. The van der Waals surface area contributed by atoms with E-state index < -0.39 is 0 Å². The van der Waals surface area contributed by atoms with Crippen molar-refractivity contribution < 1.29 is 5.11 Å². The lowest BCUT2D eigenvalue weighted by Crippen LogP contribution is -2.33. The first-order valence-electron chi connectivity index (χ1n) is 5.19. The highest BCUT2D eigenvalue weighted by Crippen LogP contribution is 2.17. The van der Waals surface area contributed by atoms with Crippen molar-refractivity contribution in [3.63, 3.8) is 0 Å². The number of nitrogens with zero attached hydrogens (tertiary/aromatic N) is 1. The standard InChI is InChI=1S/C11H17NOS/c1-9(6-10-3-5-14-8-10)12-4-2-11(13)7-12/h3,5,8-9,11,13H,2,4,6-7H2,1H3/t9?,11-/m1/s1. The van der Waals surface area contributed by atoms with Gasteiger partial charge in [0.1, 0.15) is 0 Å². The summed E-state index contributed by atoms with van der Waals surface area (Å²) in [6.07, 6.45) is 1.95. The van der Waals surface area contributed by atoms with Crippen molar-refractivity contribution >= 4 is 11.3 Å². The first-order chi connectivity index (χ1) is 6.75. The lowest BCUT2D eigenvalue weighted by molar-refractivity contribution is 0.162. The molecule has 3 heteroatoms. The van der Waals surface area contributed by atoms with Crippen molar-refractivity contribution in [1.29, 1.82) is 0 Å². The molecule has 78 valence electrons. The minimum Gasteiger partial charge on any atom is -0.392 e. The Morgan fingerprint density at radius 1 is 1.71 bits per heavy atom. The summed E-state index contributed by atoms with van der Waals surface area (Å²) in [7, 11) is 0. The molecular formula is C11H17NOS. The number of rotatable bonds is 3. The molecule has 0 spiro atoms. The van der Waals surface area contributed by atoms with Crippen LogP contribution in [0.5, 0.6) is 0 Å². The van der Waals surface area contributed by atoms with Gasteiger partial charge in [0.2, 0.25) is 0 Å². The van der Waals surface area contributed by atoms with Crippen molar-refractivity contribution in [2.75, 3.05) is 13.1 Å². The predicted molar refractivity (Wildman–Crippen MR) is 59.7 cm³/mol. The van der Waals surface area contributed by atoms with Crippen molar-refractivity contribution in [2.45, 2.75) is 31.9 Å². The van der Waals surface area contributed by atoms with E-state index in [1.54, 1.807) is 11.3 Å². The van der Waals surface area contributed by atoms with Gasteiger partial charge in [-0.1, -0.05) is 0 Å². The summed E-state index contributed by atoms with van der Waals surface area (Å²) >= 11 is 1.76. The van der Waals surface area contributed by atoms with E-state index in [4.69, 9.17) is 0 Å². The van der Waals surface area contributed by atoms with Crippen LogP contribution in [0, 0.1) is 0 Å². The molecule has 2 heterocycles. The van der Waals surface area contributed by atoms with Gasteiger partial charge >= 0.3 is 0 Å². The molecule has 1 aliphatic rings. The minimum atomic E-state index is -0.0973. The van der Waals surface area contributed by atoms with Crippen molar-refractivity contribution in [3.8, 4) is 0 Å². The number of β-amino-alcohol motifs (C(OH)–C–C–N with tert-alkyl or cyclic N) is 1. The maximum Gasteiger partial charge on any atom is 0.0679 e. The molecule has 1 aromatic rings. The summed E-state index contributed by atoms with van der Waals surface area (Å²) in [5, 5.41) is 13.8. The smallest absolute Gasteiger partial charge is 0.0679 e. The van der Waals surface area contributed by atoms with Gasteiger partial charge in [-0.2, -0.15) is 11.3 Å². The zero-order valence-corrected chi connectivity index (χ0v) is 9.33. The van der Waals surface area contributed by atoms with Crippen molar-refractivity contribution in [1.82, 2.24) is 4.90 Å². The summed E-state index contributed by atoms with van der Waals surface area (Å²) in [6.45, 7) is 4.15. The SMILES string of the molecule is CC(Cc1ccsc1)N1CC[C@@H](O)C1. The fraction of sp³-hybridized carbons (Fsp3) is 0.636. The molecule has 0 bridgehead atoms. The van der Waals surface area contributed by atoms with E-state index in [0.717, 1.165) is 25.9 Å². The molecule has 1 unspecified atom stereocenters. The number of thiophene rings is 1. The van der Waals surface area contributed by atoms with E-state index in [2.05, 4.69) is 28.7 Å². The molecule has 0 aromatic carbocycles. The van der Waals surface area contributed by atoms with Crippen LogP contribution in [0.4, 0.5) is 0 Å². The van der Waals surface area contributed by atoms with Crippen LogP contribution in [0.2, 0.25) is 0 Å². The quantitative estimate of drug-likeness (QED) is 0.823. The van der Waals surface area contributed by atoms with Crippen LogP contribution in [0.1, 0.15) is 18.9 Å². The van der Waals surface area contributed by atoms with Crippen LogP contribution in [-0.4, -0.2) is 35.2 Å². The Labute approximate surface area is 89.2 Å². The summed E-state index contributed by atoms with van der Waals surface area (Å²) < 4.78 is 0. The fourth-order valence-corrected chi connectivity index (χ4v) is 2.73. The van der Waals surface area contributed by atoms with Gasteiger partial charge in [-0.25, -0.2) is 0 Å². The van der Waals surface area contributed by atoms with Crippen LogP contribution >= 0.6 is 11.3 Å². The van der Waals surface area contributed by atoms with Gasteiger partial charge in [0.15, 0.2) is 0 Å². The number of hydrogen-bond donors (Lipinski definition) is 1. The third kappa shape index (κ3) is 2.35. The van der Waals surface area contributed by atoms with Crippen molar-refractivity contribution in [3.05, 3.63) is 22.4 Å². The zero-order chi connectivity index (χ0) is 9.97. The Balaban J connectivity index is 1.87. The van der Waals surface area contributed by atoms with E-state index in [1.807, 2.05) is 0 Å². The van der Waals surface area contributed by atoms with Crippen LogP contribution in [0.15, 0.2) is 16.8 Å². The molecule has 1 fully saturated rings. The third-order valence-corrected chi connectivity index (χ3v) is 3.66. The van der Waals surface area contributed by atoms with Crippen LogP contribution in [-0.2, 0) is 6.42 Å². The largest absolute Gasteiger partial charge is 0.392 e. The molecule has 2 rings (SSSR count). The molecule has 0 amide bonds. The number of hydrogen-bond acceptors (Lipinski definition) is 3. The monoisotopic (exact) mass is 211 g/mol. The van der Waals surface area contributed by atoms with Gasteiger partial charge < -0.3 is 5.11 Å². The average Bonchev–Trinajstić information content (AvgIpc) is 2.75. The Kier molecular flexibility index (Phi) is 3.21. The maximum absolute atomic E-state index is 9.43. The highest BCUT2D eigenvalue weighted by Gasteiger charge is 2.24. The van der Waals surface area contributed by atoms with Gasteiger partial charge in [0.25, 0.3) is 0 Å². The summed E-state index contributed by atoms with van der Waals surface area (Å²) in [5.41, 5.74) is 1.42. The number of likely N-dealkylation sites (tertiary alicyclic amines) is 1. The lowest BCUT2D eigenvalue weighted by Gasteiger charge is -2.23. The highest BCUT2D eigenvalue weighted by molar-refractivity contribution is 7.07. The Morgan fingerprint density at radius 3 is 3.14 bits per heavy atom. The topological polar surface area (TPSA) is 23.5 Å². The molecule has 14 heavy (non-hydrogen) atoms. The first kappa shape index (κ1) is 10.1. The van der Waals surface area contributed by atoms with Gasteiger partial charge in [-0.3, -0.25) is 4.90 Å². The van der Waals surface area contributed by atoms with E-state index in [0.29, 0.717) is 6.04 Å². The fourth-order valence-electron chi connectivity index (χ4n) is 2.05. The molecule has 1 aromatic heterocycles. The molecule has 2 atom stereocenters. The Bertz CT molecular complexity index is 273. The van der Waals surface area contributed by atoms with Crippen molar-refractivity contribution in [2.24, 2.45) is 0 Å². The Hall–Kier alpha value is -0.380. The summed E-state index contributed by atoms with van der Waals surface area (Å²) in [4.78, 5) is 2.38. The molecule has 1 N–H and O–H groups in total. The van der Waals surface area contributed by atoms with Gasteiger partial charge in [-0.05, 0) is 42.2 Å². The summed E-state index contributed by atoms with van der Waals surface area (Å²) in [5.74, 6) is 0. The molecule has 0 radical (unpaired) electrons. The predicted octanol–water partition coefficient (Wildman–Crippen LogP) is 1.75. The van der Waals surface area contributed by atoms with E-state index in [1.165, 1.54) is 5.56 Å². The zero-order valence-electron chi connectivity index (χ0n) is 8.52. The molecule has 1 saturated heterocycles. The highest BCUT2D eigenvalue weighted by atomic mass is 32.1. The van der Waals surface area contributed by atoms with Crippen LogP contribution in [0.25, 0.3) is 0 Å². The molecule has 0 aliphatic carbocycles. The molecular weight excluding hydrogens is 194 g/mol.